The first-order chi connectivity index (χ1) is 13.1. The molecule has 1 heterocycles. The minimum Gasteiger partial charge on any atom is -0.460 e. The summed E-state index contributed by atoms with van der Waals surface area (Å²) in [6, 6.07) is 9.41. The van der Waals surface area contributed by atoms with Gasteiger partial charge in [-0.15, -0.1) is 0 Å². The van der Waals surface area contributed by atoms with Gasteiger partial charge in [-0.1, -0.05) is 44.2 Å². The predicted octanol–water partition coefficient (Wildman–Crippen LogP) is 4.03. The average Bonchev–Trinajstić information content (AvgIpc) is 2.99. The third kappa shape index (κ3) is 6.23. The molecule has 156 valence electrons. The fraction of sp³-hybridized carbons (Fsp3) is 0.636. The quantitative estimate of drug-likeness (QED) is 0.657. The molecule has 1 aliphatic heterocycles. The molecular weight excluding hydrogens is 358 g/mol. The highest BCUT2D eigenvalue weighted by Gasteiger charge is 2.43. The van der Waals surface area contributed by atoms with Crippen molar-refractivity contribution < 1.29 is 23.8 Å². The second-order valence-electron chi connectivity index (χ2n) is 8.72. The van der Waals surface area contributed by atoms with Crippen LogP contribution in [0.15, 0.2) is 30.3 Å². The molecule has 2 rings (SSSR count). The number of hydrogen-bond acceptors (Lipinski definition) is 5. The molecule has 0 spiro atoms. The van der Waals surface area contributed by atoms with Gasteiger partial charge in [-0.05, 0) is 32.3 Å². The molecular formula is C22H33NO5. The Bertz CT molecular complexity index is 653. The molecule has 0 bridgehead atoms. The summed E-state index contributed by atoms with van der Waals surface area (Å²) >= 11 is 0. The molecule has 6 heteroatoms. The van der Waals surface area contributed by atoms with Gasteiger partial charge >= 0.3 is 12.1 Å². The fourth-order valence-corrected chi connectivity index (χ4v) is 3.22. The molecule has 1 aromatic carbocycles. The highest BCUT2D eigenvalue weighted by Crippen LogP contribution is 2.31. The zero-order valence-electron chi connectivity index (χ0n) is 17.8. The number of carbonyl (C=O) groups is 2. The van der Waals surface area contributed by atoms with Crippen molar-refractivity contribution in [1.29, 1.82) is 0 Å². The van der Waals surface area contributed by atoms with Gasteiger partial charge in [0.15, 0.2) is 0 Å². The lowest BCUT2D eigenvalue weighted by Crippen LogP contribution is -2.49. The van der Waals surface area contributed by atoms with Crippen LogP contribution in [0.4, 0.5) is 4.79 Å². The normalized spacial score (nSPS) is 20.8. The van der Waals surface area contributed by atoms with Crippen LogP contribution >= 0.6 is 0 Å². The lowest BCUT2D eigenvalue weighted by atomic mass is 9.91. The summed E-state index contributed by atoms with van der Waals surface area (Å²) in [6.45, 7) is 10.2. The maximum absolute atomic E-state index is 12.6. The van der Waals surface area contributed by atoms with Crippen molar-refractivity contribution in [2.45, 2.75) is 65.4 Å². The number of likely N-dealkylation sites (N-methyl/N-ethyl adjacent to an activating group) is 1. The Labute approximate surface area is 168 Å². The first kappa shape index (κ1) is 22.2. The lowest BCUT2D eigenvalue weighted by molar-refractivity contribution is -0.148. The van der Waals surface area contributed by atoms with Gasteiger partial charge in [-0.25, -0.2) is 4.79 Å². The maximum Gasteiger partial charge on any atom is 0.410 e. The Hall–Kier alpha value is -2.08. The second-order valence-corrected chi connectivity index (χ2v) is 8.72. The first-order valence-corrected chi connectivity index (χ1v) is 9.86. The number of hydrogen-bond donors (Lipinski definition) is 0. The summed E-state index contributed by atoms with van der Waals surface area (Å²) in [5, 5.41) is 0. The van der Waals surface area contributed by atoms with E-state index < -0.39 is 23.8 Å². The van der Waals surface area contributed by atoms with Crippen molar-refractivity contribution in [3.8, 4) is 0 Å². The topological polar surface area (TPSA) is 65.1 Å². The van der Waals surface area contributed by atoms with E-state index >= 15 is 0 Å². The van der Waals surface area contributed by atoms with Crippen LogP contribution in [0.3, 0.4) is 0 Å². The van der Waals surface area contributed by atoms with Gasteiger partial charge in [-0.2, -0.15) is 0 Å². The van der Waals surface area contributed by atoms with Crippen LogP contribution in [0, 0.1) is 11.8 Å². The molecule has 1 aliphatic rings. The molecule has 6 nitrogen and oxygen atoms in total. The summed E-state index contributed by atoms with van der Waals surface area (Å²) in [5.74, 6) is -0.172. The molecule has 1 fully saturated rings. The lowest BCUT2D eigenvalue weighted by Gasteiger charge is -2.33. The fourth-order valence-electron chi connectivity index (χ4n) is 3.22. The standard InChI is InChI=1S/C22H33NO5/c1-15(2)17-12-19(27-20(17)24)18(23(6)21(25)28-22(3,4)5)14-26-13-16-10-8-7-9-11-16/h7-11,15,17-19H,12-14H2,1-6H3/t17-,18-,19-/m0/s1. The van der Waals surface area contributed by atoms with E-state index in [1.807, 2.05) is 65.0 Å². The van der Waals surface area contributed by atoms with Crippen molar-refractivity contribution in [3.05, 3.63) is 35.9 Å². The Morgan fingerprint density at radius 2 is 1.89 bits per heavy atom. The van der Waals surface area contributed by atoms with E-state index in [-0.39, 0.29) is 24.4 Å². The number of nitrogens with zero attached hydrogens (tertiary/aromatic N) is 1. The number of benzene rings is 1. The minimum absolute atomic E-state index is 0.159. The van der Waals surface area contributed by atoms with E-state index in [2.05, 4.69) is 0 Å². The van der Waals surface area contributed by atoms with Gasteiger partial charge < -0.3 is 19.1 Å². The molecule has 28 heavy (non-hydrogen) atoms. The molecule has 0 saturated carbocycles. The van der Waals surface area contributed by atoms with Crippen LogP contribution in [-0.4, -0.2) is 48.4 Å². The molecule has 0 N–H and O–H groups in total. The van der Waals surface area contributed by atoms with Gasteiger partial charge in [0.1, 0.15) is 11.7 Å². The molecule has 0 unspecified atom stereocenters. The molecule has 1 amide bonds. The summed E-state index contributed by atoms with van der Waals surface area (Å²) in [6.07, 6.45) is -0.290. The Morgan fingerprint density at radius 1 is 1.25 bits per heavy atom. The van der Waals surface area contributed by atoms with Crippen molar-refractivity contribution in [2.75, 3.05) is 13.7 Å². The summed E-state index contributed by atoms with van der Waals surface area (Å²) in [7, 11) is 1.67. The Morgan fingerprint density at radius 3 is 2.43 bits per heavy atom. The summed E-state index contributed by atoms with van der Waals surface area (Å²) in [4.78, 5) is 26.3. The van der Waals surface area contributed by atoms with E-state index in [9.17, 15) is 9.59 Å². The van der Waals surface area contributed by atoms with Gasteiger partial charge in [0, 0.05) is 13.5 Å². The SMILES string of the molecule is CC(C)[C@@H]1C[C@@H]([C@H](COCc2ccccc2)N(C)C(=O)OC(C)(C)C)OC1=O. The van der Waals surface area contributed by atoms with Gasteiger partial charge in [0.25, 0.3) is 0 Å². The van der Waals surface area contributed by atoms with Gasteiger partial charge in [0.05, 0.1) is 25.2 Å². The minimum atomic E-state index is -0.604. The van der Waals surface area contributed by atoms with E-state index in [0.717, 1.165) is 5.56 Å². The van der Waals surface area contributed by atoms with Crippen molar-refractivity contribution in [1.82, 2.24) is 4.90 Å². The molecule has 0 aromatic heterocycles. The first-order valence-electron chi connectivity index (χ1n) is 9.86. The summed E-state index contributed by atoms with van der Waals surface area (Å²) in [5.41, 5.74) is 0.442. The smallest absolute Gasteiger partial charge is 0.410 e. The van der Waals surface area contributed by atoms with Crippen LogP contribution in [0.5, 0.6) is 0 Å². The van der Waals surface area contributed by atoms with Crippen molar-refractivity contribution in [2.24, 2.45) is 11.8 Å². The zero-order chi connectivity index (χ0) is 20.9. The van der Waals surface area contributed by atoms with Crippen LogP contribution in [0.25, 0.3) is 0 Å². The number of amides is 1. The van der Waals surface area contributed by atoms with Crippen LogP contribution in [0.1, 0.15) is 46.6 Å². The number of carbonyl (C=O) groups excluding carboxylic acids is 2. The van der Waals surface area contributed by atoms with Crippen LogP contribution in [-0.2, 0) is 25.6 Å². The number of esters is 1. The predicted molar refractivity (Wildman–Crippen MR) is 107 cm³/mol. The monoisotopic (exact) mass is 391 g/mol. The third-order valence-electron chi connectivity index (χ3n) is 4.87. The van der Waals surface area contributed by atoms with E-state index in [1.54, 1.807) is 7.05 Å². The second kappa shape index (κ2) is 9.41. The maximum atomic E-state index is 12.6. The van der Waals surface area contributed by atoms with Gasteiger partial charge in [-0.3, -0.25) is 4.79 Å². The molecule has 0 radical (unpaired) electrons. The highest BCUT2D eigenvalue weighted by molar-refractivity contribution is 5.75. The molecule has 1 aromatic rings. The number of ether oxygens (including phenoxy) is 3. The van der Waals surface area contributed by atoms with Crippen LogP contribution < -0.4 is 0 Å². The highest BCUT2D eigenvalue weighted by atomic mass is 16.6. The molecule has 1 saturated heterocycles. The summed E-state index contributed by atoms with van der Waals surface area (Å²) < 4.78 is 17.0. The van der Waals surface area contributed by atoms with Crippen molar-refractivity contribution >= 4 is 12.1 Å². The van der Waals surface area contributed by atoms with Crippen LogP contribution in [0.2, 0.25) is 0 Å². The number of cyclic esters (lactones) is 1. The van der Waals surface area contributed by atoms with E-state index in [4.69, 9.17) is 14.2 Å². The third-order valence-corrected chi connectivity index (χ3v) is 4.87. The molecule has 0 aliphatic carbocycles. The average molecular weight is 392 g/mol. The zero-order valence-corrected chi connectivity index (χ0v) is 17.8. The van der Waals surface area contributed by atoms with E-state index in [1.165, 1.54) is 4.90 Å². The van der Waals surface area contributed by atoms with E-state index in [0.29, 0.717) is 13.0 Å². The van der Waals surface area contributed by atoms with Crippen molar-refractivity contribution in [3.63, 3.8) is 0 Å². The Balaban J connectivity index is 2.08. The Kier molecular flexibility index (Phi) is 7.47. The largest absolute Gasteiger partial charge is 0.460 e. The molecule has 3 atom stereocenters. The number of rotatable bonds is 7. The van der Waals surface area contributed by atoms with Gasteiger partial charge in [0.2, 0.25) is 0 Å².